The fourth-order valence-corrected chi connectivity index (χ4v) is 1.61. The minimum Gasteiger partial charge on any atom is -0.378 e. The third kappa shape index (κ3) is 1.66. The van der Waals surface area contributed by atoms with Gasteiger partial charge in [0.1, 0.15) is 5.65 Å². The Morgan fingerprint density at radius 1 is 1.60 bits per heavy atom. The summed E-state index contributed by atoms with van der Waals surface area (Å²) in [6.07, 6.45) is 2.61. The second kappa shape index (κ2) is 3.86. The highest BCUT2D eigenvalue weighted by molar-refractivity contribution is 5.46. The monoisotopic (exact) mass is 207 g/mol. The van der Waals surface area contributed by atoms with Crippen LogP contribution in [0.1, 0.15) is 18.2 Å². The molecule has 0 aliphatic heterocycles. The third-order valence-corrected chi connectivity index (χ3v) is 2.33. The molecule has 0 atom stereocenters. The van der Waals surface area contributed by atoms with Gasteiger partial charge in [-0.05, 0) is 6.42 Å². The number of methoxy groups -OCH3 is 1. The van der Waals surface area contributed by atoms with Crippen LogP contribution >= 0.6 is 0 Å². The number of aromatic nitrogens is 3. The van der Waals surface area contributed by atoms with E-state index in [1.165, 1.54) is 6.07 Å². The van der Waals surface area contributed by atoms with Crippen LogP contribution in [0, 0.1) is 0 Å². The standard InChI is InChI=1S/C10H13N3O2/c1-3-7-5-11-13-8(6-15-2)4-9(14)12-10(7)13/h4-5H,3,6H2,1-2H3,(H,12,14). The molecule has 0 spiro atoms. The number of aromatic amines is 1. The molecule has 0 saturated heterocycles. The van der Waals surface area contributed by atoms with Crippen molar-refractivity contribution in [3.63, 3.8) is 0 Å². The number of hydrogen-bond donors (Lipinski definition) is 1. The summed E-state index contributed by atoms with van der Waals surface area (Å²) in [4.78, 5) is 14.2. The first-order valence-electron chi connectivity index (χ1n) is 4.84. The van der Waals surface area contributed by atoms with Gasteiger partial charge in [0.05, 0.1) is 18.5 Å². The van der Waals surface area contributed by atoms with Crippen molar-refractivity contribution in [2.24, 2.45) is 0 Å². The lowest BCUT2D eigenvalue weighted by atomic mass is 10.3. The lowest BCUT2D eigenvalue weighted by Gasteiger charge is -2.03. The van der Waals surface area contributed by atoms with Crippen LogP contribution in [0.2, 0.25) is 0 Å². The molecule has 2 aromatic heterocycles. The Balaban J connectivity index is 2.70. The molecule has 0 aliphatic carbocycles. The van der Waals surface area contributed by atoms with Crippen molar-refractivity contribution in [3.05, 3.63) is 33.9 Å². The number of ether oxygens (including phenoxy) is 1. The molecular weight excluding hydrogens is 194 g/mol. The maximum atomic E-state index is 11.4. The highest BCUT2D eigenvalue weighted by Gasteiger charge is 2.07. The molecule has 2 aromatic rings. The van der Waals surface area contributed by atoms with Crippen molar-refractivity contribution in [1.29, 1.82) is 0 Å². The van der Waals surface area contributed by atoms with E-state index < -0.39 is 0 Å². The van der Waals surface area contributed by atoms with Gasteiger partial charge < -0.3 is 9.72 Å². The Morgan fingerprint density at radius 3 is 3.07 bits per heavy atom. The average Bonchev–Trinajstić information content (AvgIpc) is 2.61. The van der Waals surface area contributed by atoms with Crippen molar-refractivity contribution in [2.75, 3.05) is 7.11 Å². The predicted molar refractivity (Wildman–Crippen MR) is 55.9 cm³/mol. The molecule has 0 unspecified atom stereocenters. The SMILES string of the molecule is CCc1cnn2c(COC)cc(=O)[nH]c12. The van der Waals surface area contributed by atoms with E-state index in [0.717, 1.165) is 23.3 Å². The molecule has 0 aromatic carbocycles. The van der Waals surface area contributed by atoms with Crippen LogP contribution in [-0.4, -0.2) is 21.7 Å². The molecule has 0 amide bonds. The molecule has 80 valence electrons. The van der Waals surface area contributed by atoms with Gasteiger partial charge in [-0.15, -0.1) is 0 Å². The zero-order chi connectivity index (χ0) is 10.8. The molecule has 5 nitrogen and oxygen atoms in total. The molecule has 5 heteroatoms. The summed E-state index contributed by atoms with van der Waals surface area (Å²) in [5.41, 5.74) is 2.43. The fourth-order valence-electron chi connectivity index (χ4n) is 1.61. The lowest BCUT2D eigenvalue weighted by molar-refractivity contribution is 0.179. The van der Waals surface area contributed by atoms with Gasteiger partial charge in [-0.1, -0.05) is 6.92 Å². The van der Waals surface area contributed by atoms with E-state index in [4.69, 9.17) is 4.74 Å². The van der Waals surface area contributed by atoms with Crippen molar-refractivity contribution in [3.8, 4) is 0 Å². The van der Waals surface area contributed by atoms with Crippen LogP contribution in [0.5, 0.6) is 0 Å². The van der Waals surface area contributed by atoms with E-state index in [1.807, 2.05) is 6.92 Å². The number of rotatable bonds is 3. The van der Waals surface area contributed by atoms with Crippen molar-refractivity contribution >= 4 is 5.65 Å². The van der Waals surface area contributed by atoms with Crippen LogP contribution in [-0.2, 0) is 17.8 Å². The van der Waals surface area contributed by atoms with Gasteiger partial charge in [0.2, 0.25) is 0 Å². The number of nitrogens with zero attached hydrogens (tertiary/aromatic N) is 2. The van der Waals surface area contributed by atoms with E-state index in [0.29, 0.717) is 6.61 Å². The molecule has 15 heavy (non-hydrogen) atoms. The van der Waals surface area contributed by atoms with Crippen LogP contribution < -0.4 is 5.56 Å². The lowest BCUT2D eigenvalue weighted by Crippen LogP contribution is -2.12. The Labute approximate surface area is 86.7 Å². The first-order chi connectivity index (χ1) is 7.26. The molecule has 2 heterocycles. The van der Waals surface area contributed by atoms with Crippen molar-refractivity contribution in [2.45, 2.75) is 20.0 Å². The van der Waals surface area contributed by atoms with E-state index in [-0.39, 0.29) is 5.56 Å². The maximum Gasteiger partial charge on any atom is 0.251 e. The van der Waals surface area contributed by atoms with Crippen LogP contribution in [0.15, 0.2) is 17.1 Å². The van der Waals surface area contributed by atoms with Crippen molar-refractivity contribution in [1.82, 2.24) is 14.6 Å². The summed E-state index contributed by atoms with van der Waals surface area (Å²) in [5.74, 6) is 0. The zero-order valence-electron chi connectivity index (χ0n) is 8.78. The van der Waals surface area contributed by atoms with Gasteiger partial charge in [-0.3, -0.25) is 4.79 Å². The van der Waals surface area contributed by atoms with E-state index >= 15 is 0 Å². The first kappa shape index (κ1) is 9.92. The number of aryl methyl sites for hydroxylation is 1. The number of fused-ring (bicyclic) bond motifs is 1. The Morgan fingerprint density at radius 2 is 2.40 bits per heavy atom. The predicted octanol–water partition coefficient (Wildman–Crippen LogP) is 0.731. The van der Waals surface area contributed by atoms with Gasteiger partial charge in [-0.2, -0.15) is 5.10 Å². The quantitative estimate of drug-likeness (QED) is 0.807. The van der Waals surface area contributed by atoms with Crippen LogP contribution in [0.3, 0.4) is 0 Å². The minimum absolute atomic E-state index is 0.121. The number of nitrogens with one attached hydrogen (secondary N) is 1. The third-order valence-electron chi connectivity index (χ3n) is 2.33. The van der Waals surface area contributed by atoms with E-state index in [2.05, 4.69) is 10.1 Å². The molecule has 0 radical (unpaired) electrons. The Kier molecular flexibility index (Phi) is 2.55. The Hall–Kier alpha value is -1.62. The molecule has 0 fully saturated rings. The van der Waals surface area contributed by atoms with E-state index in [9.17, 15) is 4.79 Å². The van der Waals surface area contributed by atoms with Gasteiger partial charge in [-0.25, -0.2) is 4.52 Å². The molecular formula is C10H13N3O2. The summed E-state index contributed by atoms with van der Waals surface area (Å²) in [5, 5.41) is 4.22. The van der Waals surface area contributed by atoms with Gasteiger partial charge in [0, 0.05) is 18.7 Å². The van der Waals surface area contributed by atoms with Crippen molar-refractivity contribution < 1.29 is 4.74 Å². The van der Waals surface area contributed by atoms with Crippen LogP contribution in [0.25, 0.3) is 5.65 Å². The number of H-pyrrole nitrogens is 1. The molecule has 2 rings (SSSR count). The van der Waals surface area contributed by atoms with Gasteiger partial charge in [0.25, 0.3) is 5.56 Å². The fraction of sp³-hybridized carbons (Fsp3) is 0.400. The largest absolute Gasteiger partial charge is 0.378 e. The second-order valence-electron chi connectivity index (χ2n) is 3.34. The van der Waals surface area contributed by atoms with Gasteiger partial charge in [0.15, 0.2) is 0 Å². The minimum atomic E-state index is -0.121. The summed E-state index contributed by atoms with van der Waals surface area (Å²) in [7, 11) is 1.59. The summed E-state index contributed by atoms with van der Waals surface area (Å²) >= 11 is 0. The summed E-state index contributed by atoms with van der Waals surface area (Å²) < 4.78 is 6.73. The average molecular weight is 207 g/mol. The normalized spacial score (nSPS) is 11.1. The highest BCUT2D eigenvalue weighted by Crippen LogP contribution is 2.09. The second-order valence-corrected chi connectivity index (χ2v) is 3.34. The molecule has 0 bridgehead atoms. The summed E-state index contributed by atoms with van der Waals surface area (Å²) in [6.45, 7) is 2.41. The molecule has 0 saturated carbocycles. The topological polar surface area (TPSA) is 59.4 Å². The van der Waals surface area contributed by atoms with Gasteiger partial charge >= 0.3 is 0 Å². The highest BCUT2D eigenvalue weighted by atomic mass is 16.5. The maximum absolute atomic E-state index is 11.4. The zero-order valence-corrected chi connectivity index (χ0v) is 8.78. The summed E-state index contributed by atoms with van der Waals surface area (Å²) in [6, 6.07) is 1.50. The smallest absolute Gasteiger partial charge is 0.251 e. The molecule has 1 N–H and O–H groups in total. The Bertz CT molecular complexity index is 527. The van der Waals surface area contributed by atoms with E-state index in [1.54, 1.807) is 17.8 Å². The first-order valence-corrected chi connectivity index (χ1v) is 4.84. The molecule has 0 aliphatic rings. The van der Waals surface area contributed by atoms with Crippen LogP contribution in [0.4, 0.5) is 0 Å². The number of hydrogen-bond acceptors (Lipinski definition) is 3.